The summed E-state index contributed by atoms with van der Waals surface area (Å²) in [6.07, 6.45) is -4.20. The van der Waals surface area contributed by atoms with Gasteiger partial charge in [0.05, 0.1) is 37.0 Å². The predicted octanol–water partition coefficient (Wildman–Crippen LogP) is -3.86. The van der Waals surface area contributed by atoms with Gasteiger partial charge in [0.1, 0.15) is 18.3 Å². The lowest BCUT2D eigenvalue weighted by Gasteiger charge is -2.50. The van der Waals surface area contributed by atoms with Crippen molar-refractivity contribution in [3.05, 3.63) is 0 Å². The van der Waals surface area contributed by atoms with Crippen LogP contribution in [0.2, 0.25) is 0 Å². The maximum Gasteiger partial charge on any atom is 0.187 e. The Labute approximate surface area is 199 Å². The van der Waals surface area contributed by atoms with Gasteiger partial charge in [-0.25, -0.2) is 0 Å². The quantitative estimate of drug-likeness (QED) is 0.178. The van der Waals surface area contributed by atoms with Crippen LogP contribution in [-0.4, -0.2) is 115 Å². The number of likely N-dealkylation sites (N-methyl/N-ethyl adjacent to an activating group) is 1. The van der Waals surface area contributed by atoms with Crippen LogP contribution >= 0.6 is 0 Å². The third-order valence-electron chi connectivity index (χ3n) is 7.40. The van der Waals surface area contributed by atoms with Crippen molar-refractivity contribution in [1.29, 1.82) is 0 Å². The van der Waals surface area contributed by atoms with Crippen molar-refractivity contribution >= 4 is 0 Å². The smallest absolute Gasteiger partial charge is 0.187 e. The Morgan fingerprint density at radius 3 is 2.29 bits per heavy atom. The summed E-state index contributed by atoms with van der Waals surface area (Å²) in [5.74, 6) is 0. The Morgan fingerprint density at radius 2 is 1.62 bits per heavy atom. The number of fused-ring (bicyclic) bond motifs is 1. The molecule has 8 unspecified atom stereocenters. The topological polar surface area (TPSA) is 223 Å². The first kappa shape index (κ1) is 26.5. The molecule has 0 aromatic heterocycles. The van der Waals surface area contributed by atoms with E-state index in [1.165, 1.54) is 0 Å². The fourth-order valence-corrected chi connectivity index (χ4v) is 5.36. The molecule has 3 saturated heterocycles. The number of ether oxygens (including phenoxy) is 5. The van der Waals surface area contributed by atoms with Gasteiger partial charge < -0.3 is 67.3 Å². The molecule has 12 N–H and O–H groups in total. The van der Waals surface area contributed by atoms with Crippen LogP contribution < -0.4 is 28.3 Å². The predicted molar refractivity (Wildman–Crippen MR) is 119 cm³/mol. The van der Waals surface area contributed by atoms with Gasteiger partial charge in [0.25, 0.3) is 0 Å². The molecule has 0 bridgehead atoms. The Kier molecular flexibility index (Phi) is 8.78. The zero-order valence-electron chi connectivity index (χ0n) is 19.5. The summed E-state index contributed by atoms with van der Waals surface area (Å²) in [5, 5.41) is 34.0. The van der Waals surface area contributed by atoms with E-state index in [-0.39, 0.29) is 31.2 Å². The van der Waals surface area contributed by atoms with E-state index >= 15 is 0 Å². The molecule has 0 amide bonds. The second-order valence-corrected chi connectivity index (χ2v) is 9.96. The highest BCUT2D eigenvalue weighted by molar-refractivity contribution is 4.99. The molecule has 0 spiro atoms. The normalized spacial score (nSPS) is 52.2. The fraction of sp³-hybridized carbons (Fsp3) is 1.00. The summed E-state index contributed by atoms with van der Waals surface area (Å²) in [6.45, 7) is -0.303. The molecule has 1 saturated carbocycles. The van der Waals surface area contributed by atoms with E-state index in [0.717, 1.165) is 12.8 Å². The minimum atomic E-state index is -1.07. The van der Waals surface area contributed by atoms with E-state index in [2.05, 4.69) is 5.32 Å². The molecule has 1 aliphatic carbocycles. The minimum Gasteiger partial charge on any atom is -0.394 e. The van der Waals surface area contributed by atoms with E-state index in [9.17, 15) is 15.3 Å². The van der Waals surface area contributed by atoms with Crippen molar-refractivity contribution < 1.29 is 39.0 Å². The highest BCUT2D eigenvalue weighted by Crippen LogP contribution is 2.35. The molecule has 13 heteroatoms. The lowest BCUT2D eigenvalue weighted by Crippen LogP contribution is -2.69. The zero-order chi connectivity index (χ0) is 24.6. The average molecular weight is 492 g/mol. The van der Waals surface area contributed by atoms with Gasteiger partial charge >= 0.3 is 0 Å². The Hall–Kier alpha value is -0.520. The van der Waals surface area contributed by atoms with Gasteiger partial charge in [-0.3, -0.25) is 0 Å². The number of nitrogens with two attached hydrogens (primary N) is 4. The molecule has 3 heterocycles. The molecule has 4 fully saturated rings. The van der Waals surface area contributed by atoms with Crippen molar-refractivity contribution in [2.75, 3.05) is 13.7 Å². The molecule has 14 atom stereocenters. The van der Waals surface area contributed by atoms with E-state index in [1.807, 2.05) is 0 Å². The van der Waals surface area contributed by atoms with Crippen LogP contribution in [0.5, 0.6) is 0 Å². The summed E-state index contributed by atoms with van der Waals surface area (Å²) in [5.41, 5.74) is 24.5. The minimum absolute atomic E-state index is 0.0668. The Morgan fingerprint density at radius 1 is 0.853 bits per heavy atom. The van der Waals surface area contributed by atoms with Crippen molar-refractivity contribution in [1.82, 2.24) is 5.32 Å². The van der Waals surface area contributed by atoms with Gasteiger partial charge in [-0.1, -0.05) is 0 Å². The first-order valence-corrected chi connectivity index (χ1v) is 12.2. The molecule has 4 rings (SSSR count). The number of aliphatic hydroxyl groups is 3. The second-order valence-electron chi connectivity index (χ2n) is 9.96. The zero-order valence-corrected chi connectivity index (χ0v) is 19.5. The van der Waals surface area contributed by atoms with Crippen LogP contribution in [0.25, 0.3) is 0 Å². The summed E-state index contributed by atoms with van der Waals surface area (Å²) >= 11 is 0. The van der Waals surface area contributed by atoms with E-state index in [0.29, 0.717) is 12.8 Å². The van der Waals surface area contributed by atoms with Crippen LogP contribution in [-0.2, 0) is 23.7 Å². The van der Waals surface area contributed by atoms with Crippen molar-refractivity contribution in [2.24, 2.45) is 22.9 Å². The van der Waals surface area contributed by atoms with E-state index in [1.54, 1.807) is 7.05 Å². The molecule has 0 radical (unpaired) electrons. The van der Waals surface area contributed by atoms with Crippen LogP contribution in [0.3, 0.4) is 0 Å². The SMILES string of the molecule is CNC1C(O[C@H]2OC(CO)[C@@H](N)CC2O)O[C@H]2CC(N)[C@@H](O[C@H]3CC[C@H](N)CC3N)OC2C1O. The standard InChI is InChI=1S/C21H41N5O8/c1-26-16-17(29)18-14(31-21(16)34-20-12(28)5-10(24)15(7-27)32-20)6-11(25)19(33-18)30-13-3-2-8(22)4-9(13)23/h8-21,26-29H,2-7,22-25H2,1H3/t8-,9?,10-,11?,12?,13-,14-,15?,16?,17?,18?,19-,20+,21?/m0/s1. The molecule has 3 aliphatic heterocycles. The van der Waals surface area contributed by atoms with Crippen LogP contribution in [0.4, 0.5) is 0 Å². The van der Waals surface area contributed by atoms with Crippen LogP contribution in [0.1, 0.15) is 32.1 Å². The molecule has 34 heavy (non-hydrogen) atoms. The third-order valence-corrected chi connectivity index (χ3v) is 7.40. The molecule has 13 nitrogen and oxygen atoms in total. The highest BCUT2D eigenvalue weighted by atomic mass is 16.8. The number of nitrogens with one attached hydrogen (secondary N) is 1. The van der Waals surface area contributed by atoms with E-state index in [4.69, 9.17) is 46.6 Å². The third kappa shape index (κ3) is 5.57. The van der Waals surface area contributed by atoms with Gasteiger partial charge in [0.2, 0.25) is 0 Å². The molecular weight excluding hydrogens is 450 g/mol. The summed E-state index contributed by atoms with van der Waals surface area (Å²) in [4.78, 5) is 0. The summed E-state index contributed by atoms with van der Waals surface area (Å²) in [6, 6.07) is -1.85. The molecule has 4 aliphatic rings. The highest BCUT2D eigenvalue weighted by Gasteiger charge is 2.52. The van der Waals surface area contributed by atoms with Gasteiger partial charge in [-0.15, -0.1) is 0 Å². The number of hydrogen-bond donors (Lipinski definition) is 8. The van der Waals surface area contributed by atoms with Crippen molar-refractivity contribution in [3.8, 4) is 0 Å². The lowest BCUT2D eigenvalue weighted by atomic mass is 9.88. The second kappa shape index (κ2) is 11.3. The van der Waals surface area contributed by atoms with Gasteiger partial charge in [-0.2, -0.15) is 0 Å². The molecule has 0 aromatic rings. The van der Waals surface area contributed by atoms with E-state index < -0.39 is 67.5 Å². The van der Waals surface area contributed by atoms with Crippen molar-refractivity contribution in [2.45, 2.75) is 118 Å². The number of hydrogen-bond acceptors (Lipinski definition) is 13. The van der Waals surface area contributed by atoms with Gasteiger partial charge in [0.15, 0.2) is 18.9 Å². The summed E-state index contributed by atoms with van der Waals surface area (Å²) in [7, 11) is 1.66. The maximum atomic E-state index is 11.1. The fourth-order valence-electron chi connectivity index (χ4n) is 5.36. The molecular formula is C21H41N5O8. The van der Waals surface area contributed by atoms with Crippen LogP contribution in [0, 0.1) is 0 Å². The molecule has 198 valence electrons. The first-order chi connectivity index (χ1) is 16.2. The van der Waals surface area contributed by atoms with Gasteiger partial charge in [0, 0.05) is 18.1 Å². The monoisotopic (exact) mass is 491 g/mol. The molecule has 0 aromatic carbocycles. The maximum absolute atomic E-state index is 11.1. The lowest BCUT2D eigenvalue weighted by molar-refractivity contribution is -0.365. The average Bonchev–Trinajstić information content (AvgIpc) is 2.78. The van der Waals surface area contributed by atoms with Crippen molar-refractivity contribution in [3.63, 3.8) is 0 Å². The number of rotatable bonds is 6. The Balaban J connectivity index is 1.40. The first-order valence-electron chi connectivity index (χ1n) is 12.2. The van der Waals surface area contributed by atoms with Gasteiger partial charge in [-0.05, 0) is 39.2 Å². The van der Waals surface area contributed by atoms with Crippen LogP contribution in [0.15, 0.2) is 0 Å². The summed E-state index contributed by atoms with van der Waals surface area (Å²) < 4.78 is 29.9. The Bertz CT molecular complexity index is 665. The number of aliphatic hydroxyl groups excluding tert-OH is 3. The largest absolute Gasteiger partial charge is 0.394 e.